The predicted octanol–water partition coefficient (Wildman–Crippen LogP) is 13.5. The lowest BCUT2D eigenvalue weighted by molar-refractivity contribution is -0.146. The van der Waals surface area contributed by atoms with Crippen LogP contribution in [0.3, 0.4) is 0 Å². The Balaban J connectivity index is 1.86. The van der Waals surface area contributed by atoms with Crippen LogP contribution < -0.4 is 0 Å². The van der Waals surface area contributed by atoms with Crippen molar-refractivity contribution in [1.82, 2.24) is 9.80 Å². The van der Waals surface area contributed by atoms with Gasteiger partial charge in [0.05, 0.1) is 0 Å². The van der Waals surface area contributed by atoms with Gasteiger partial charge in [0.2, 0.25) is 0 Å². The Bertz CT molecular complexity index is 1150. The number of unbranched alkanes of at least 4 members (excludes halogenated alkanes) is 16. The maximum atomic E-state index is 13.0. The summed E-state index contributed by atoms with van der Waals surface area (Å²) in [6.07, 6.45) is 28.4. The first-order valence-corrected chi connectivity index (χ1v) is 23.4. The van der Waals surface area contributed by atoms with Crippen LogP contribution in [0.25, 0.3) is 11.1 Å². The molecule has 6 heteroatoms. The zero-order valence-electron chi connectivity index (χ0n) is 36.8. The van der Waals surface area contributed by atoms with Crippen LogP contribution in [-0.4, -0.2) is 61.0 Å². The number of ether oxygens (including phenoxy) is 2. The van der Waals surface area contributed by atoms with Crippen molar-refractivity contribution in [2.45, 2.75) is 195 Å². The fraction of sp³-hybridized carbons (Fsp3) is 0.720. The molecule has 0 unspecified atom stereocenters. The molecule has 0 fully saturated rings. The van der Waals surface area contributed by atoms with Gasteiger partial charge >= 0.3 is 11.9 Å². The van der Waals surface area contributed by atoms with Crippen LogP contribution in [0, 0.1) is 0 Å². The van der Waals surface area contributed by atoms with E-state index < -0.39 is 0 Å². The minimum atomic E-state index is -0.140. The van der Waals surface area contributed by atoms with Crippen molar-refractivity contribution < 1.29 is 19.1 Å². The van der Waals surface area contributed by atoms with Crippen LogP contribution in [0.1, 0.15) is 193 Å². The molecule has 0 amide bonds. The lowest BCUT2D eigenvalue weighted by atomic mass is 9.96. The molecule has 0 heterocycles. The molecular formula is C50H84N2O4. The summed E-state index contributed by atoms with van der Waals surface area (Å²) in [4.78, 5) is 31.1. The Morgan fingerprint density at radius 1 is 0.393 bits per heavy atom. The number of esters is 2. The zero-order chi connectivity index (χ0) is 40.3. The van der Waals surface area contributed by atoms with Gasteiger partial charge in [0.1, 0.15) is 13.2 Å². The van der Waals surface area contributed by atoms with Crippen LogP contribution >= 0.6 is 0 Å². The summed E-state index contributed by atoms with van der Waals surface area (Å²) in [7, 11) is 0. The molecule has 2 rings (SSSR count). The van der Waals surface area contributed by atoms with E-state index in [0.29, 0.717) is 12.8 Å². The number of rotatable bonds is 37. The third-order valence-electron chi connectivity index (χ3n) is 11.1. The highest BCUT2D eigenvalue weighted by Gasteiger charge is 2.14. The average Bonchev–Trinajstić information content (AvgIpc) is 3.21. The van der Waals surface area contributed by atoms with Crippen LogP contribution in [0.5, 0.6) is 0 Å². The number of nitrogens with zero attached hydrogens (tertiary/aromatic N) is 2. The molecule has 6 nitrogen and oxygen atoms in total. The van der Waals surface area contributed by atoms with Gasteiger partial charge < -0.3 is 19.3 Å². The Morgan fingerprint density at radius 3 is 1.04 bits per heavy atom. The number of hydrogen-bond donors (Lipinski definition) is 0. The van der Waals surface area contributed by atoms with E-state index >= 15 is 0 Å². The van der Waals surface area contributed by atoms with E-state index in [9.17, 15) is 9.59 Å². The molecule has 56 heavy (non-hydrogen) atoms. The fourth-order valence-corrected chi connectivity index (χ4v) is 7.60. The Kier molecular flexibility index (Phi) is 30.3. The van der Waals surface area contributed by atoms with Gasteiger partial charge in [-0.05, 0) is 100 Å². The largest absolute Gasteiger partial charge is 0.461 e. The normalized spacial score (nSPS) is 11.5. The predicted molar refractivity (Wildman–Crippen MR) is 238 cm³/mol. The molecule has 0 atom stereocenters. The lowest BCUT2D eigenvalue weighted by Crippen LogP contribution is -2.28. The fourth-order valence-electron chi connectivity index (χ4n) is 7.60. The minimum Gasteiger partial charge on any atom is -0.461 e. The molecule has 0 spiro atoms. The van der Waals surface area contributed by atoms with Gasteiger partial charge in [0.15, 0.2) is 0 Å². The molecule has 0 N–H and O–H groups in total. The van der Waals surface area contributed by atoms with Crippen LogP contribution in [0.2, 0.25) is 0 Å². The number of hydrogen-bond acceptors (Lipinski definition) is 6. The zero-order valence-corrected chi connectivity index (χ0v) is 36.8. The summed E-state index contributed by atoms with van der Waals surface area (Å²) >= 11 is 0. The molecule has 0 aliphatic rings. The number of carbonyl (C=O) groups is 2. The van der Waals surface area contributed by atoms with Gasteiger partial charge in [-0.25, -0.2) is 0 Å². The molecule has 0 radical (unpaired) electrons. The maximum absolute atomic E-state index is 13.0. The smallest absolute Gasteiger partial charge is 0.306 e. The van der Waals surface area contributed by atoms with Crippen molar-refractivity contribution in [3.8, 4) is 11.1 Å². The van der Waals surface area contributed by atoms with Crippen LogP contribution in [0.4, 0.5) is 0 Å². The van der Waals surface area contributed by atoms with Crippen molar-refractivity contribution in [3.05, 3.63) is 59.7 Å². The second-order valence-electron chi connectivity index (χ2n) is 16.2. The first-order valence-electron chi connectivity index (χ1n) is 23.4. The Labute approximate surface area is 344 Å². The molecule has 0 bridgehead atoms. The lowest BCUT2D eigenvalue weighted by Gasteiger charge is -2.22. The second-order valence-corrected chi connectivity index (χ2v) is 16.2. The van der Waals surface area contributed by atoms with Crippen LogP contribution in [0.15, 0.2) is 48.5 Å². The van der Waals surface area contributed by atoms with Gasteiger partial charge in [-0.3, -0.25) is 9.59 Å². The van der Waals surface area contributed by atoms with E-state index in [0.717, 1.165) is 74.4 Å². The third kappa shape index (κ3) is 24.2. The summed E-state index contributed by atoms with van der Waals surface area (Å²) in [6, 6.07) is 16.2. The monoisotopic (exact) mass is 777 g/mol. The molecule has 0 saturated carbocycles. The summed E-state index contributed by atoms with van der Waals surface area (Å²) in [6.45, 7) is 15.9. The van der Waals surface area contributed by atoms with Crippen LogP contribution in [-0.2, 0) is 32.3 Å². The third-order valence-corrected chi connectivity index (χ3v) is 11.1. The van der Waals surface area contributed by atoms with E-state index in [1.54, 1.807) is 0 Å². The molecular weight excluding hydrogens is 693 g/mol. The molecule has 0 saturated heterocycles. The van der Waals surface area contributed by atoms with Crippen molar-refractivity contribution in [2.24, 2.45) is 0 Å². The highest BCUT2D eigenvalue weighted by molar-refractivity contribution is 5.73. The van der Waals surface area contributed by atoms with E-state index in [-0.39, 0.29) is 25.2 Å². The SMILES string of the molecule is CCCCCCCCN(CCCCCC)CCCC(=O)OCc1ccccc1-c1ccccc1COC(=O)CCCN(CCCCCC)CCCCCCCC. The van der Waals surface area contributed by atoms with Gasteiger partial charge in [0, 0.05) is 12.8 Å². The molecule has 2 aromatic carbocycles. The molecule has 318 valence electrons. The highest BCUT2D eigenvalue weighted by atomic mass is 16.5. The first-order chi connectivity index (χ1) is 27.5. The topological polar surface area (TPSA) is 59.1 Å². The first kappa shape index (κ1) is 49.4. The standard InChI is InChI=1S/C50H84N2O4/c1-5-9-13-17-19-27-39-51(37-25-15-11-7-3)41-29-35-49(53)55-43-45-31-21-23-33-47(45)48-34-24-22-32-46(48)44-56-50(54)36-30-42-52(38-26-16-12-8-4)40-28-20-18-14-10-6-2/h21-24,31-34H,5-20,25-30,35-44H2,1-4H3. The van der Waals surface area contributed by atoms with Gasteiger partial charge in [0.25, 0.3) is 0 Å². The van der Waals surface area contributed by atoms with E-state index in [2.05, 4.69) is 49.6 Å². The Morgan fingerprint density at radius 2 is 0.679 bits per heavy atom. The minimum absolute atomic E-state index is 0.140. The van der Waals surface area contributed by atoms with E-state index in [1.165, 1.54) is 128 Å². The summed E-state index contributed by atoms with van der Waals surface area (Å²) in [5, 5.41) is 0. The molecule has 0 aromatic heterocycles. The van der Waals surface area contributed by atoms with Crippen molar-refractivity contribution in [1.29, 1.82) is 0 Å². The molecule has 0 aliphatic carbocycles. The second kappa shape index (κ2) is 34.4. The average molecular weight is 777 g/mol. The van der Waals surface area contributed by atoms with Crippen molar-refractivity contribution >= 4 is 11.9 Å². The Hall–Kier alpha value is -2.70. The van der Waals surface area contributed by atoms with Gasteiger partial charge in [-0.15, -0.1) is 0 Å². The quantitative estimate of drug-likeness (QED) is 0.0503. The highest BCUT2D eigenvalue weighted by Crippen LogP contribution is 2.28. The van der Waals surface area contributed by atoms with Crippen molar-refractivity contribution in [2.75, 3.05) is 39.3 Å². The van der Waals surface area contributed by atoms with E-state index in [4.69, 9.17) is 9.47 Å². The number of carbonyl (C=O) groups excluding carboxylic acids is 2. The maximum Gasteiger partial charge on any atom is 0.306 e. The van der Waals surface area contributed by atoms with Crippen molar-refractivity contribution in [3.63, 3.8) is 0 Å². The summed E-state index contributed by atoms with van der Waals surface area (Å²) in [5.41, 5.74) is 3.95. The van der Waals surface area contributed by atoms with Gasteiger partial charge in [-0.2, -0.15) is 0 Å². The van der Waals surface area contributed by atoms with Gasteiger partial charge in [-0.1, -0.05) is 179 Å². The molecule has 0 aliphatic heterocycles. The molecule has 2 aromatic rings. The summed E-state index contributed by atoms with van der Waals surface area (Å²) in [5.74, 6) is -0.280. The summed E-state index contributed by atoms with van der Waals surface area (Å²) < 4.78 is 11.7. The van der Waals surface area contributed by atoms with E-state index in [1.807, 2.05) is 36.4 Å². The number of benzene rings is 2.